The molecule has 6 N–H and O–H groups in total. The van der Waals surface area contributed by atoms with Gasteiger partial charge in [0.15, 0.2) is 0 Å². The lowest BCUT2D eigenvalue weighted by Crippen LogP contribution is -2.41. The van der Waals surface area contributed by atoms with Crippen LogP contribution >= 0.6 is 11.6 Å². The largest absolute Gasteiger partial charge is 0.496 e. The fraction of sp³-hybridized carbons (Fsp3) is 0.333. The molecule has 0 amide bonds. The molecule has 7 heteroatoms. The van der Waals surface area contributed by atoms with Gasteiger partial charge in [0, 0.05) is 35.9 Å². The van der Waals surface area contributed by atoms with Crippen molar-refractivity contribution in [1.29, 1.82) is 0 Å². The van der Waals surface area contributed by atoms with Crippen LogP contribution in [0.4, 0.5) is 0 Å². The summed E-state index contributed by atoms with van der Waals surface area (Å²) in [6, 6.07) is 5.50. The Hall–Kier alpha value is -2.05. The van der Waals surface area contributed by atoms with Crippen LogP contribution in [0.5, 0.6) is 5.75 Å². The Morgan fingerprint density at radius 2 is 2.32 bits per heavy atom. The third kappa shape index (κ3) is 3.78. The summed E-state index contributed by atoms with van der Waals surface area (Å²) in [5.41, 5.74) is 13.8. The van der Waals surface area contributed by atoms with Crippen LogP contribution in [0.15, 0.2) is 41.5 Å². The number of hydrogen-bond acceptors (Lipinski definition) is 6. The molecule has 0 unspecified atom stereocenters. The molecule has 1 aliphatic rings. The molecule has 0 aliphatic carbocycles. The molecule has 0 aromatic heterocycles. The van der Waals surface area contributed by atoms with E-state index < -0.39 is 0 Å². The van der Waals surface area contributed by atoms with Crippen LogP contribution in [0.25, 0.3) is 0 Å². The zero-order valence-corrected chi connectivity index (χ0v) is 13.2. The van der Waals surface area contributed by atoms with Gasteiger partial charge in [-0.3, -0.25) is 0 Å². The van der Waals surface area contributed by atoms with Crippen molar-refractivity contribution in [3.63, 3.8) is 0 Å². The summed E-state index contributed by atoms with van der Waals surface area (Å²) >= 11 is 6.08. The van der Waals surface area contributed by atoms with E-state index in [0.717, 1.165) is 30.1 Å². The van der Waals surface area contributed by atoms with Gasteiger partial charge >= 0.3 is 0 Å². The Morgan fingerprint density at radius 1 is 1.55 bits per heavy atom. The molecule has 0 saturated heterocycles. The van der Waals surface area contributed by atoms with E-state index in [9.17, 15) is 0 Å². The molecule has 0 atom stereocenters. The maximum atomic E-state index is 9.11. The normalized spacial score (nSPS) is 15.8. The average molecular weight is 325 g/mol. The molecular formula is C15H21ClN4O2. The minimum atomic E-state index is -0.217. The number of benzene rings is 1. The Balaban J connectivity index is 2.31. The summed E-state index contributed by atoms with van der Waals surface area (Å²) in [4.78, 5) is 2.07. The lowest BCUT2D eigenvalue weighted by atomic mass is 10.1. The van der Waals surface area contributed by atoms with Crippen molar-refractivity contribution in [2.75, 3.05) is 26.8 Å². The van der Waals surface area contributed by atoms with E-state index in [1.807, 2.05) is 12.1 Å². The first-order valence-electron chi connectivity index (χ1n) is 6.93. The van der Waals surface area contributed by atoms with Gasteiger partial charge in [-0.1, -0.05) is 11.6 Å². The Morgan fingerprint density at radius 3 is 3.00 bits per heavy atom. The summed E-state index contributed by atoms with van der Waals surface area (Å²) < 4.78 is 5.38. The Kier molecular flexibility index (Phi) is 5.41. The fourth-order valence-corrected chi connectivity index (χ4v) is 2.53. The van der Waals surface area contributed by atoms with Crippen LogP contribution in [0.3, 0.4) is 0 Å². The topological polar surface area (TPSA) is 96.8 Å². The maximum absolute atomic E-state index is 9.11. The van der Waals surface area contributed by atoms with Gasteiger partial charge in [-0.2, -0.15) is 0 Å². The first kappa shape index (κ1) is 16.3. The molecule has 0 radical (unpaired) electrons. The predicted octanol–water partition coefficient (Wildman–Crippen LogP) is 0.716. The maximum Gasteiger partial charge on any atom is 0.123 e. The van der Waals surface area contributed by atoms with Gasteiger partial charge in [-0.25, -0.2) is 0 Å². The molecule has 1 aliphatic heterocycles. The van der Waals surface area contributed by atoms with Gasteiger partial charge in [0.05, 0.1) is 19.4 Å². The molecule has 2 rings (SSSR count). The number of halogens is 1. The molecule has 6 nitrogen and oxygen atoms in total. The number of nitrogens with one attached hydrogen (secondary N) is 1. The Labute approximate surface area is 135 Å². The zero-order valence-electron chi connectivity index (χ0n) is 12.5. The third-order valence-electron chi connectivity index (χ3n) is 3.42. The van der Waals surface area contributed by atoms with Crippen LogP contribution in [0, 0.1) is 0 Å². The van der Waals surface area contributed by atoms with E-state index in [1.165, 1.54) is 0 Å². The first-order chi connectivity index (χ1) is 10.5. The standard InChI is InChI=1S/C15H21ClN4O2/c1-22-14-3-2-11(16)6-10(14)8-20-5-4-19-15(18)13(20)7-12(17)9-21/h2-3,6-7,19,21H,4-5,8-9,17-18H2,1H3/b12-7-. The third-order valence-corrected chi connectivity index (χ3v) is 3.66. The highest BCUT2D eigenvalue weighted by Gasteiger charge is 2.18. The lowest BCUT2D eigenvalue weighted by molar-refractivity contribution is 0.308. The number of aliphatic hydroxyl groups excluding tert-OH is 1. The van der Waals surface area contributed by atoms with Crippen LogP contribution in [0.1, 0.15) is 5.56 Å². The number of methoxy groups -OCH3 is 1. The molecule has 22 heavy (non-hydrogen) atoms. The molecule has 0 fully saturated rings. The summed E-state index contributed by atoms with van der Waals surface area (Å²) in [5, 5.41) is 12.9. The second-order valence-electron chi connectivity index (χ2n) is 4.98. The van der Waals surface area contributed by atoms with Crippen LogP contribution in [0.2, 0.25) is 5.02 Å². The number of rotatable bonds is 5. The minimum Gasteiger partial charge on any atom is -0.496 e. The molecule has 0 saturated carbocycles. The summed E-state index contributed by atoms with van der Waals surface area (Å²) in [5.74, 6) is 1.30. The van der Waals surface area contributed by atoms with Crippen LogP contribution < -0.4 is 21.5 Å². The smallest absolute Gasteiger partial charge is 0.123 e. The Bertz CT molecular complexity index is 601. The van der Waals surface area contributed by atoms with Crippen LogP contribution in [-0.2, 0) is 6.54 Å². The predicted molar refractivity (Wildman–Crippen MR) is 87.0 cm³/mol. The quantitative estimate of drug-likeness (QED) is 0.637. The van der Waals surface area contributed by atoms with Gasteiger partial charge in [0.2, 0.25) is 0 Å². The SMILES string of the molecule is COc1ccc(Cl)cc1CN1CCNC(N)=C1/C=C(\N)CO. The number of allylic oxidation sites excluding steroid dienone is 1. The zero-order chi connectivity index (χ0) is 16.1. The molecule has 0 spiro atoms. The molecule has 0 bridgehead atoms. The monoisotopic (exact) mass is 324 g/mol. The van der Waals surface area contributed by atoms with Crippen molar-refractivity contribution in [2.45, 2.75) is 6.54 Å². The van der Waals surface area contributed by atoms with E-state index >= 15 is 0 Å². The average Bonchev–Trinajstić information content (AvgIpc) is 2.50. The van der Waals surface area contributed by atoms with Crippen molar-refractivity contribution in [2.24, 2.45) is 11.5 Å². The molecule has 1 aromatic carbocycles. The van der Waals surface area contributed by atoms with Crippen molar-refractivity contribution >= 4 is 11.6 Å². The fourth-order valence-electron chi connectivity index (χ4n) is 2.34. The van der Waals surface area contributed by atoms with Gasteiger partial charge in [0.25, 0.3) is 0 Å². The van der Waals surface area contributed by atoms with Gasteiger partial charge in [0.1, 0.15) is 11.6 Å². The van der Waals surface area contributed by atoms with E-state index in [1.54, 1.807) is 19.3 Å². The molecular weight excluding hydrogens is 304 g/mol. The lowest BCUT2D eigenvalue weighted by Gasteiger charge is -2.32. The van der Waals surface area contributed by atoms with Crippen molar-refractivity contribution in [3.8, 4) is 5.75 Å². The minimum absolute atomic E-state index is 0.217. The molecule has 120 valence electrons. The highest BCUT2D eigenvalue weighted by Crippen LogP contribution is 2.26. The number of nitrogens with zero attached hydrogens (tertiary/aromatic N) is 1. The highest BCUT2D eigenvalue weighted by molar-refractivity contribution is 6.30. The van der Waals surface area contributed by atoms with Crippen molar-refractivity contribution in [1.82, 2.24) is 10.2 Å². The van der Waals surface area contributed by atoms with Gasteiger partial charge in [-0.15, -0.1) is 0 Å². The van der Waals surface area contributed by atoms with Crippen LogP contribution in [-0.4, -0.2) is 36.8 Å². The number of nitrogens with two attached hydrogens (primary N) is 2. The highest BCUT2D eigenvalue weighted by atomic mass is 35.5. The molecule has 1 aromatic rings. The first-order valence-corrected chi connectivity index (χ1v) is 7.31. The van der Waals surface area contributed by atoms with Gasteiger partial charge < -0.3 is 31.5 Å². The van der Waals surface area contributed by atoms with Gasteiger partial charge in [-0.05, 0) is 24.3 Å². The van der Waals surface area contributed by atoms with E-state index in [-0.39, 0.29) is 6.61 Å². The summed E-state index contributed by atoms with van der Waals surface area (Å²) in [7, 11) is 1.62. The summed E-state index contributed by atoms with van der Waals surface area (Å²) in [6.07, 6.45) is 1.68. The molecule has 1 heterocycles. The number of hydrogen-bond donors (Lipinski definition) is 4. The summed E-state index contributed by atoms with van der Waals surface area (Å²) in [6.45, 7) is 1.84. The second-order valence-corrected chi connectivity index (χ2v) is 5.42. The van der Waals surface area contributed by atoms with Crippen molar-refractivity contribution < 1.29 is 9.84 Å². The van der Waals surface area contributed by atoms with E-state index in [0.29, 0.717) is 23.1 Å². The number of aliphatic hydroxyl groups is 1. The van der Waals surface area contributed by atoms with E-state index in [2.05, 4.69) is 10.2 Å². The van der Waals surface area contributed by atoms with E-state index in [4.69, 9.17) is 32.9 Å². The second kappa shape index (κ2) is 7.29. The van der Waals surface area contributed by atoms with Crippen molar-refractivity contribution in [3.05, 3.63) is 52.1 Å². The number of ether oxygens (including phenoxy) is 1.